The minimum atomic E-state index is -0.767. The maximum Gasteiger partial charge on any atom is 0.259 e. The van der Waals surface area contributed by atoms with Crippen molar-refractivity contribution in [3.8, 4) is 0 Å². The van der Waals surface area contributed by atoms with Crippen LogP contribution < -0.4 is 16.1 Å². The minimum absolute atomic E-state index is 0.0123. The number of amides is 2. The number of hydrogen-bond acceptors (Lipinski definition) is 5. The van der Waals surface area contributed by atoms with E-state index in [0.717, 1.165) is 16.7 Å². The molecule has 0 aliphatic rings. The van der Waals surface area contributed by atoms with E-state index in [-0.39, 0.29) is 19.0 Å². The number of rotatable bonds is 10. The summed E-state index contributed by atoms with van der Waals surface area (Å²) in [6, 6.07) is 33.4. The summed E-state index contributed by atoms with van der Waals surface area (Å²) in [7, 11) is 0. The molecule has 0 bridgehead atoms. The molecule has 0 spiro atoms. The van der Waals surface area contributed by atoms with E-state index in [9.17, 15) is 9.59 Å². The fourth-order valence-corrected chi connectivity index (χ4v) is 3.90. The molecule has 7 heteroatoms. The second kappa shape index (κ2) is 11.6. The van der Waals surface area contributed by atoms with Crippen molar-refractivity contribution in [3.63, 3.8) is 0 Å². The second-order valence-corrected chi connectivity index (χ2v) is 7.79. The van der Waals surface area contributed by atoms with Crippen LogP contribution in [-0.4, -0.2) is 31.1 Å². The van der Waals surface area contributed by atoms with Crippen molar-refractivity contribution < 1.29 is 14.0 Å². The van der Waals surface area contributed by atoms with Gasteiger partial charge in [-0.05, 0) is 28.8 Å². The molecule has 4 rings (SSSR count). The number of benzene rings is 3. The lowest BCUT2D eigenvalue weighted by Crippen LogP contribution is -2.49. The Balaban J connectivity index is 1.49. The number of carbonyl (C=O) groups excluding carboxylic acids is 2. The number of hydrogen-bond donors (Lipinski definition) is 3. The van der Waals surface area contributed by atoms with E-state index in [1.807, 2.05) is 91.0 Å². The van der Waals surface area contributed by atoms with Crippen molar-refractivity contribution in [2.45, 2.75) is 5.54 Å². The van der Waals surface area contributed by atoms with Crippen LogP contribution in [0.5, 0.6) is 0 Å². The summed E-state index contributed by atoms with van der Waals surface area (Å²) in [5.41, 5.74) is 4.58. The monoisotopic (exact) mass is 466 g/mol. The average Bonchev–Trinajstić information content (AvgIpc) is 3.43. The molecular formula is C28H26N4O3. The Labute approximate surface area is 203 Å². The van der Waals surface area contributed by atoms with Gasteiger partial charge in [0.25, 0.3) is 5.91 Å². The summed E-state index contributed by atoms with van der Waals surface area (Å²) in [6.45, 7) is -0.216. The molecule has 0 aliphatic carbocycles. The fourth-order valence-electron chi connectivity index (χ4n) is 3.90. The zero-order valence-corrected chi connectivity index (χ0v) is 19.1. The molecule has 2 amide bonds. The molecule has 0 unspecified atom stereocenters. The van der Waals surface area contributed by atoms with Crippen molar-refractivity contribution in [3.05, 3.63) is 132 Å². The summed E-state index contributed by atoms with van der Waals surface area (Å²) >= 11 is 0. The average molecular weight is 467 g/mol. The van der Waals surface area contributed by atoms with Gasteiger partial charge in [0.15, 0.2) is 0 Å². The Morgan fingerprint density at radius 1 is 0.714 bits per heavy atom. The van der Waals surface area contributed by atoms with Gasteiger partial charge < -0.3 is 9.73 Å². The van der Waals surface area contributed by atoms with E-state index in [2.05, 4.69) is 21.2 Å². The molecule has 0 aliphatic heterocycles. The summed E-state index contributed by atoms with van der Waals surface area (Å²) in [6.07, 6.45) is 2.89. The number of nitrogens with zero attached hydrogens (tertiary/aromatic N) is 1. The number of hydrazone groups is 1. The van der Waals surface area contributed by atoms with Gasteiger partial charge in [0, 0.05) is 0 Å². The van der Waals surface area contributed by atoms with Crippen LogP contribution in [0.1, 0.15) is 22.5 Å². The van der Waals surface area contributed by atoms with Crippen molar-refractivity contribution in [1.29, 1.82) is 0 Å². The first-order valence-electron chi connectivity index (χ1n) is 11.2. The van der Waals surface area contributed by atoms with Gasteiger partial charge in [-0.3, -0.25) is 14.9 Å². The topological polar surface area (TPSA) is 95.7 Å². The van der Waals surface area contributed by atoms with Crippen LogP contribution in [0, 0.1) is 0 Å². The van der Waals surface area contributed by atoms with Crippen molar-refractivity contribution in [2.75, 3.05) is 13.1 Å². The van der Waals surface area contributed by atoms with Crippen LogP contribution in [0.3, 0.4) is 0 Å². The van der Waals surface area contributed by atoms with Crippen LogP contribution in [0.2, 0.25) is 0 Å². The Bertz CT molecular complexity index is 1140. The van der Waals surface area contributed by atoms with Crippen LogP contribution in [0.25, 0.3) is 0 Å². The molecule has 0 atom stereocenters. The van der Waals surface area contributed by atoms with Gasteiger partial charge in [0.2, 0.25) is 5.91 Å². The molecule has 1 heterocycles. The SMILES string of the molecule is O=C(CNC(c1ccccc1)(c1ccccc1)c1ccccc1)NCC(=O)N/N=C/c1ccco1. The van der Waals surface area contributed by atoms with Crippen molar-refractivity contribution >= 4 is 18.0 Å². The van der Waals surface area contributed by atoms with Crippen LogP contribution in [0.4, 0.5) is 0 Å². The standard InChI is InChI=1S/C28H26N4O3/c33-26(29-20-27(34)32-31-19-25-17-10-18-35-25)21-30-28(22-11-4-1-5-12-22,23-13-6-2-7-14-23)24-15-8-3-9-16-24/h1-19,30H,20-21H2,(H,29,33)(H,32,34)/b31-19+. The third-order valence-corrected chi connectivity index (χ3v) is 5.50. The molecule has 176 valence electrons. The second-order valence-electron chi connectivity index (χ2n) is 7.79. The number of nitrogens with one attached hydrogen (secondary N) is 3. The molecule has 0 saturated heterocycles. The Kier molecular flexibility index (Phi) is 7.83. The molecule has 1 aromatic heterocycles. The van der Waals surface area contributed by atoms with E-state index in [1.54, 1.807) is 12.1 Å². The normalized spacial score (nSPS) is 11.3. The van der Waals surface area contributed by atoms with Crippen molar-refractivity contribution in [2.24, 2.45) is 5.10 Å². The van der Waals surface area contributed by atoms with Gasteiger partial charge in [-0.1, -0.05) is 91.0 Å². The Morgan fingerprint density at radius 3 is 1.74 bits per heavy atom. The zero-order valence-electron chi connectivity index (χ0n) is 19.1. The molecular weight excluding hydrogens is 440 g/mol. The minimum Gasteiger partial charge on any atom is -0.463 e. The lowest BCUT2D eigenvalue weighted by atomic mass is 9.77. The van der Waals surface area contributed by atoms with Crippen LogP contribution in [0.15, 0.2) is 119 Å². The first-order valence-corrected chi connectivity index (χ1v) is 11.2. The van der Waals surface area contributed by atoms with E-state index in [4.69, 9.17) is 4.42 Å². The van der Waals surface area contributed by atoms with Crippen molar-refractivity contribution in [1.82, 2.24) is 16.1 Å². The van der Waals surface area contributed by atoms with Gasteiger partial charge in [0.1, 0.15) is 5.76 Å². The number of carbonyl (C=O) groups is 2. The lowest BCUT2D eigenvalue weighted by molar-refractivity contribution is -0.125. The maximum atomic E-state index is 12.7. The highest BCUT2D eigenvalue weighted by molar-refractivity contribution is 5.86. The highest BCUT2D eigenvalue weighted by Crippen LogP contribution is 2.36. The van der Waals surface area contributed by atoms with Gasteiger partial charge in [0.05, 0.1) is 31.1 Å². The van der Waals surface area contributed by atoms with E-state index < -0.39 is 11.4 Å². The molecule has 4 aromatic rings. The van der Waals surface area contributed by atoms with Crippen LogP contribution in [-0.2, 0) is 15.1 Å². The predicted octanol–water partition coefficient (Wildman–Crippen LogP) is 3.43. The van der Waals surface area contributed by atoms with Gasteiger partial charge in [-0.25, -0.2) is 5.43 Å². The summed E-state index contributed by atoms with van der Waals surface area (Å²) in [4.78, 5) is 24.8. The van der Waals surface area contributed by atoms with Crippen LogP contribution >= 0.6 is 0 Å². The zero-order chi connectivity index (χ0) is 24.3. The molecule has 35 heavy (non-hydrogen) atoms. The first-order chi connectivity index (χ1) is 17.2. The van der Waals surface area contributed by atoms with E-state index in [0.29, 0.717) is 5.76 Å². The highest BCUT2D eigenvalue weighted by Gasteiger charge is 2.36. The molecule has 0 saturated carbocycles. The number of furan rings is 1. The molecule has 0 radical (unpaired) electrons. The fraction of sp³-hybridized carbons (Fsp3) is 0.107. The molecule has 3 N–H and O–H groups in total. The summed E-state index contributed by atoms with van der Waals surface area (Å²) in [5.74, 6) is -0.249. The maximum absolute atomic E-state index is 12.7. The lowest BCUT2D eigenvalue weighted by Gasteiger charge is -2.37. The summed E-state index contributed by atoms with van der Waals surface area (Å²) in [5, 5.41) is 9.93. The molecule has 0 fully saturated rings. The molecule has 7 nitrogen and oxygen atoms in total. The van der Waals surface area contributed by atoms with E-state index >= 15 is 0 Å². The predicted molar refractivity (Wildman–Crippen MR) is 135 cm³/mol. The van der Waals surface area contributed by atoms with Gasteiger partial charge in [-0.15, -0.1) is 0 Å². The Hall–Kier alpha value is -4.49. The quantitative estimate of drug-likeness (QED) is 0.190. The van der Waals surface area contributed by atoms with Gasteiger partial charge in [-0.2, -0.15) is 5.10 Å². The highest BCUT2D eigenvalue weighted by atomic mass is 16.3. The summed E-state index contributed by atoms with van der Waals surface area (Å²) < 4.78 is 5.11. The largest absolute Gasteiger partial charge is 0.463 e. The molecule has 3 aromatic carbocycles. The smallest absolute Gasteiger partial charge is 0.259 e. The first kappa shape index (κ1) is 23.7. The Morgan fingerprint density at radius 2 is 1.26 bits per heavy atom. The van der Waals surface area contributed by atoms with Gasteiger partial charge >= 0.3 is 0 Å². The third kappa shape index (κ3) is 5.90. The third-order valence-electron chi connectivity index (χ3n) is 5.50. The van der Waals surface area contributed by atoms with E-state index in [1.165, 1.54) is 12.5 Å².